The number of hydrogen-bond donors (Lipinski definition) is 1. The van der Waals surface area contributed by atoms with Crippen molar-refractivity contribution in [3.63, 3.8) is 0 Å². The molecular formula is C15H20N2O2. The van der Waals surface area contributed by atoms with Crippen LogP contribution >= 0.6 is 0 Å². The molecule has 0 aliphatic heterocycles. The van der Waals surface area contributed by atoms with Crippen LogP contribution in [0.25, 0.3) is 10.8 Å². The highest BCUT2D eigenvalue weighted by Gasteiger charge is 2.11. The second kappa shape index (κ2) is 5.89. The lowest BCUT2D eigenvalue weighted by molar-refractivity contribution is 0.398. The molecule has 0 spiro atoms. The summed E-state index contributed by atoms with van der Waals surface area (Å²) in [5.41, 5.74) is 6.73. The highest BCUT2D eigenvalue weighted by atomic mass is 16.5. The number of pyridine rings is 1. The van der Waals surface area contributed by atoms with E-state index in [1.807, 2.05) is 24.4 Å². The van der Waals surface area contributed by atoms with Gasteiger partial charge in [-0.3, -0.25) is 4.98 Å². The van der Waals surface area contributed by atoms with Gasteiger partial charge >= 0.3 is 0 Å². The van der Waals surface area contributed by atoms with Crippen molar-refractivity contribution in [2.45, 2.75) is 13.3 Å². The molecule has 4 heteroatoms. The largest absolute Gasteiger partial charge is 0.497 e. The number of nitrogens with two attached hydrogens (primary N) is 1. The van der Waals surface area contributed by atoms with Crippen LogP contribution in [0.5, 0.6) is 11.5 Å². The van der Waals surface area contributed by atoms with Crippen molar-refractivity contribution in [2.75, 3.05) is 20.8 Å². The zero-order valence-electron chi connectivity index (χ0n) is 11.6. The van der Waals surface area contributed by atoms with Crippen LogP contribution in [0.1, 0.15) is 12.6 Å². The molecular weight excluding hydrogens is 240 g/mol. The number of methoxy groups -OCH3 is 2. The first kappa shape index (κ1) is 13.6. The third-order valence-corrected chi connectivity index (χ3v) is 3.30. The van der Waals surface area contributed by atoms with E-state index in [4.69, 9.17) is 15.2 Å². The van der Waals surface area contributed by atoms with Crippen LogP contribution in [0, 0.1) is 5.92 Å². The number of fused-ring (bicyclic) bond motifs is 1. The van der Waals surface area contributed by atoms with Gasteiger partial charge in [0.25, 0.3) is 0 Å². The van der Waals surface area contributed by atoms with Gasteiger partial charge < -0.3 is 15.2 Å². The van der Waals surface area contributed by atoms with Gasteiger partial charge in [-0.2, -0.15) is 0 Å². The quantitative estimate of drug-likeness (QED) is 0.896. The fourth-order valence-corrected chi connectivity index (χ4v) is 2.15. The number of rotatable bonds is 5. The molecule has 0 aliphatic rings. The van der Waals surface area contributed by atoms with Crippen LogP contribution in [0.3, 0.4) is 0 Å². The van der Waals surface area contributed by atoms with Gasteiger partial charge in [-0.05, 0) is 31.0 Å². The number of benzene rings is 1. The van der Waals surface area contributed by atoms with Crippen LogP contribution in [0.2, 0.25) is 0 Å². The van der Waals surface area contributed by atoms with E-state index in [1.54, 1.807) is 14.2 Å². The molecule has 1 unspecified atom stereocenters. The molecule has 1 heterocycles. The molecule has 0 saturated carbocycles. The molecule has 1 aromatic carbocycles. The highest BCUT2D eigenvalue weighted by Crippen LogP contribution is 2.32. The fraction of sp³-hybridized carbons (Fsp3) is 0.400. The first-order valence-electron chi connectivity index (χ1n) is 6.39. The molecule has 2 N–H and O–H groups in total. The zero-order valence-corrected chi connectivity index (χ0v) is 11.6. The van der Waals surface area contributed by atoms with Crippen molar-refractivity contribution >= 4 is 10.8 Å². The standard InChI is InChI=1S/C15H20N2O2/c1-10(9-16)6-14-13-7-11(18-2)8-15(19-3)12(13)4-5-17-14/h4-5,7-8,10H,6,9,16H2,1-3H3. The topological polar surface area (TPSA) is 57.4 Å². The molecule has 1 atom stereocenters. The highest BCUT2D eigenvalue weighted by molar-refractivity contribution is 5.91. The van der Waals surface area contributed by atoms with Crippen molar-refractivity contribution in [1.29, 1.82) is 0 Å². The summed E-state index contributed by atoms with van der Waals surface area (Å²) in [5.74, 6) is 1.98. The van der Waals surface area contributed by atoms with E-state index in [0.29, 0.717) is 12.5 Å². The summed E-state index contributed by atoms with van der Waals surface area (Å²) in [6.07, 6.45) is 2.67. The van der Waals surface area contributed by atoms with Gasteiger partial charge in [0.15, 0.2) is 0 Å². The fourth-order valence-electron chi connectivity index (χ4n) is 2.15. The summed E-state index contributed by atoms with van der Waals surface area (Å²) in [6.45, 7) is 2.77. The summed E-state index contributed by atoms with van der Waals surface area (Å²) in [7, 11) is 3.32. The van der Waals surface area contributed by atoms with Gasteiger partial charge in [0.2, 0.25) is 0 Å². The van der Waals surface area contributed by atoms with Crippen molar-refractivity contribution in [3.05, 3.63) is 30.1 Å². The minimum atomic E-state index is 0.398. The SMILES string of the molecule is COc1cc(OC)c2ccnc(CC(C)CN)c2c1. The van der Waals surface area contributed by atoms with Crippen molar-refractivity contribution < 1.29 is 9.47 Å². The molecule has 0 radical (unpaired) electrons. The second-order valence-electron chi connectivity index (χ2n) is 4.73. The van der Waals surface area contributed by atoms with E-state index in [9.17, 15) is 0 Å². The van der Waals surface area contributed by atoms with E-state index in [-0.39, 0.29) is 0 Å². The Balaban J connectivity index is 2.58. The monoisotopic (exact) mass is 260 g/mol. The van der Waals surface area contributed by atoms with Gasteiger partial charge in [0, 0.05) is 28.7 Å². The van der Waals surface area contributed by atoms with Crippen LogP contribution in [0.4, 0.5) is 0 Å². The zero-order chi connectivity index (χ0) is 13.8. The number of aromatic nitrogens is 1. The van der Waals surface area contributed by atoms with Crippen molar-refractivity contribution in [1.82, 2.24) is 4.98 Å². The summed E-state index contributed by atoms with van der Waals surface area (Å²) in [5, 5.41) is 2.12. The minimum absolute atomic E-state index is 0.398. The van der Waals surface area contributed by atoms with Crippen LogP contribution in [0.15, 0.2) is 24.4 Å². The molecule has 1 aromatic heterocycles. The van der Waals surface area contributed by atoms with Gasteiger partial charge in [0.05, 0.1) is 14.2 Å². The van der Waals surface area contributed by atoms with E-state index in [1.165, 1.54) is 0 Å². The first-order chi connectivity index (χ1) is 9.19. The Labute approximate surface area is 113 Å². The summed E-state index contributed by atoms with van der Waals surface area (Å²) in [6, 6.07) is 5.85. The molecule has 0 aliphatic carbocycles. The van der Waals surface area contributed by atoms with E-state index >= 15 is 0 Å². The average molecular weight is 260 g/mol. The molecule has 4 nitrogen and oxygen atoms in total. The molecule has 0 fully saturated rings. The molecule has 0 bridgehead atoms. The average Bonchev–Trinajstić information content (AvgIpc) is 2.46. The van der Waals surface area contributed by atoms with Gasteiger partial charge in [-0.25, -0.2) is 0 Å². The first-order valence-corrected chi connectivity index (χ1v) is 6.39. The Kier molecular flexibility index (Phi) is 4.22. The predicted molar refractivity (Wildman–Crippen MR) is 76.8 cm³/mol. The predicted octanol–water partition coefficient (Wildman–Crippen LogP) is 2.39. The minimum Gasteiger partial charge on any atom is -0.497 e. The Bertz CT molecular complexity index is 569. The molecule has 102 valence electrons. The maximum atomic E-state index is 5.70. The van der Waals surface area contributed by atoms with Crippen LogP contribution in [-0.4, -0.2) is 25.7 Å². The Morgan fingerprint density at radius 2 is 2.00 bits per heavy atom. The summed E-state index contributed by atoms with van der Waals surface area (Å²) < 4.78 is 10.7. The Morgan fingerprint density at radius 3 is 2.63 bits per heavy atom. The second-order valence-corrected chi connectivity index (χ2v) is 4.73. The van der Waals surface area contributed by atoms with Crippen LogP contribution in [-0.2, 0) is 6.42 Å². The third-order valence-electron chi connectivity index (χ3n) is 3.30. The third kappa shape index (κ3) is 2.79. The lowest BCUT2D eigenvalue weighted by atomic mass is 10.0. The van der Waals surface area contributed by atoms with Crippen LogP contribution < -0.4 is 15.2 Å². The number of hydrogen-bond acceptors (Lipinski definition) is 4. The number of ether oxygens (including phenoxy) is 2. The van der Waals surface area contributed by atoms with Gasteiger partial charge in [0.1, 0.15) is 11.5 Å². The lowest BCUT2D eigenvalue weighted by Crippen LogP contribution is -2.14. The molecule has 2 aromatic rings. The van der Waals surface area contributed by atoms with Gasteiger partial charge in [-0.15, -0.1) is 0 Å². The molecule has 19 heavy (non-hydrogen) atoms. The Hall–Kier alpha value is -1.81. The van der Waals surface area contributed by atoms with Gasteiger partial charge in [-0.1, -0.05) is 6.92 Å². The lowest BCUT2D eigenvalue weighted by Gasteiger charge is -2.13. The molecule has 0 saturated heterocycles. The molecule has 2 rings (SSSR count). The summed E-state index contributed by atoms with van der Waals surface area (Å²) >= 11 is 0. The summed E-state index contributed by atoms with van der Waals surface area (Å²) in [4.78, 5) is 4.48. The van der Waals surface area contributed by atoms with Crippen molar-refractivity contribution in [3.8, 4) is 11.5 Å². The maximum Gasteiger partial charge on any atom is 0.130 e. The van der Waals surface area contributed by atoms with E-state index < -0.39 is 0 Å². The molecule has 0 amide bonds. The van der Waals surface area contributed by atoms with E-state index in [2.05, 4.69) is 11.9 Å². The Morgan fingerprint density at radius 1 is 1.21 bits per heavy atom. The smallest absolute Gasteiger partial charge is 0.130 e. The number of nitrogens with zero attached hydrogens (tertiary/aromatic N) is 1. The van der Waals surface area contributed by atoms with E-state index in [0.717, 1.165) is 34.4 Å². The van der Waals surface area contributed by atoms with Crippen molar-refractivity contribution in [2.24, 2.45) is 11.7 Å². The maximum absolute atomic E-state index is 5.70. The normalized spacial score (nSPS) is 12.4.